The van der Waals surface area contributed by atoms with Crippen molar-refractivity contribution in [1.29, 1.82) is 0 Å². The number of pyridine rings is 1. The maximum absolute atomic E-state index is 12.8. The molecule has 0 saturated heterocycles. The number of aromatic hydroxyl groups is 1. The fourth-order valence-corrected chi connectivity index (χ4v) is 3.17. The Morgan fingerprint density at radius 1 is 1.11 bits per heavy atom. The third kappa shape index (κ3) is 3.07. The number of carbonyl (C=O) groups is 1. The Kier molecular flexibility index (Phi) is 4.27. The first-order valence-electron chi connectivity index (χ1n) is 8.69. The smallest absolute Gasteiger partial charge is 0.296 e. The van der Waals surface area contributed by atoms with E-state index in [1.54, 1.807) is 31.4 Å². The summed E-state index contributed by atoms with van der Waals surface area (Å²) in [5.41, 5.74) is 3.74. The Morgan fingerprint density at radius 2 is 1.93 bits per heavy atom. The van der Waals surface area contributed by atoms with Gasteiger partial charge in [0.25, 0.3) is 5.91 Å². The number of nitrogens with zero attached hydrogens (tertiary/aromatic N) is 3. The van der Waals surface area contributed by atoms with Crippen molar-refractivity contribution >= 4 is 33.4 Å². The zero-order chi connectivity index (χ0) is 19.8. The molecule has 2 aromatic carbocycles. The van der Waals surface area contributed by atoms with Gasteiger partial charge in [-0.25, -0.2) is 0 Å². The van der Waals surface area contributed by atoms with Gasteiger partial charge in [-0.2, -0.15) is 0 Å². The molecule has 0 radical (unpaired) electrons. The fraction of sp³-hybridized carbons (Fsp3) is 0.143. The average molecular weight is 374 g/mol. The molecule has 0 saturated carbocycles. The lowest BCUT2D eigenvalue weighted by molar-refractivity contribution is 0.0996. The van der Waals surface area contributed by atoms with Crippen LogP contribution in [0.15, 0.2) is 52.7 Å². The highest BCUT2D eigenvalue weighted by atomic mass is 16.5. The fourth-order valence-electron chi connectivity index (χ4n) is 3.17. The van der Waals surface area contributed by atoms with Gasteiger partial charge in [0.15, 0.2) is 5.69 Å². The van der Waals surface area contributed by atoms with E-state index in [2.05, 4.69) is 20.2 Å². The van der Waals surface area contributed by atoms with Gasteiger partial charge >= 0.3 is 0 Å². The lowest BCUT2D eigenvalue weighted by Crippen LogP contribution is -1.99. The topological polar surface area (TPSA) is 99.9 Å². The minimum absolute atomic E-state index is 0.161. The second-order valence-electron chi connectivity index (χ2n) is 6.57. The number of fused-ring (bicyclic) bond motifs is 2. The molecule has 2 heterocycles. The van der Waals surface area contributed by atoms with E-state index < -0.39 is 5.91 Å². The van der Waals surface area contributed by atoms with Gasteiger partial charge in [-0.05, 0) is 50.2 Å². The predicted molar refractivity (Wildman–Crippen MR) is 107 cm³/mol. The third-order valence-corrected chi connectivity index (χ3v) is 4.52. The van der Waals surface area contributed by atoms with Gasteiger partial charge in [0, 0.05) is 16.5 Å². The molecule has 0 bridgehead atoms. The number of carbonyl (C=O) groups excluding carboxylic acids is 1. The van der Waals surface area contributed by atoms with E-state index >= 15 is 0 Å². The molecule has 0 aliphatic rings. The molecule has 7 nitrogen and oxygen atoms in total. The molecule has 2 aromatic heterocycles. The molecule has 0 atom stereocenters. The molecule has 4 aromatic rings. The number of rotatable bonds is 3. The highest BCUT2D eigenvalue weighted by Gasteiger charge is 2.15. The summed E-state index contributed by atoms with van der Waals surface area (Å²) in [6.07, 6.45) is 0. The van der Waals surface area contributed by atoms with Crippen molar-refractivity contribution < 1.29 is 14.6 Å². The maximum Gasteiger partial charge on any atom is 0.296 e. The number of ether oxygens (including phenoxy) is 1. The van der Waals surface area contributed by atoms with Crippen LogP contribution in [0, 0.1) is 13.8 Å². The van der Waals surface area contributed by atoms with E-state index in [0.717, 1.165) is 22.2 Å². The van der Waals surface area contributed by atoms with Crippen LogP contribution in [0.3, 0.4) is 0 Å². The van der Waals surface area contributed by atoms with Crippen LogP contribution in [0.25, 0.3) is 21.8 Å². The molecule has 0 unspecified atom stereocenters. The van der Waals surface area contributed by atoms with Gasteiger partial charge in [-0.3, -0.25) is 9.78 Å². The summed E-state index contributed by atoms with van der Waals surface area (Å²) >= 11 is 0. The Labute approximate surface area is 160 Å². The second kappa shape index (κ2) is 6.77. The Bertz CT molecular complexity index is 1260. The highest BCUT2D eigenvalue weighted by Crippen LogP contribution is 2.37. The monoisotopic (exact) mass is 374 g/mol. The number of aryl methyl sites for hydroxylation is 2. The van der Waals surface area contributed by atoms with Crippen molar-refractivity contribution in [1.82, 2.24) is 9.97 Å². The summed E-state index contributed by atoms with van der Waals surface area (Å²) in [6.45, 7) is 3.78. The van der Waals surface area contributed by atoms with E-state index in [0.29, 0.717) is 22.2 Å². The van der Waals surface area contributed by atoms with E-state index in [4.69, 9.17) is 4.74 Å². The lowest BCUT2D eigenvalue weighted by Gasteiger charge is -2.05. The normalized spacial score (nSPS) is 11.5. The molecule has 2 N–H and O–H groups in total. The molecule has 0 aliphatic heterocycles. The van der Waals surface area contributed by atoms with Gasteiger partial charge < -0.3 is 14.8 Å². The molecule has 4 rings (SSSR count). The van der Waals surface area contributed by atoms with Gasteiger partial charge in [0.2, 0.25) is 5.88 Å². The average Bonchev–Trinajstić information content (AvgIpc) is 2.99. The summed E-state index contributed by atoms with van der Waals surface area (Å²) < 4.78 is 5.21. The molecule has 0 spiro atoms. The van der Waals surface area contributed by atoms with Crippen LogP contribution >= 0.6 is 0 Å². The molecule has 0 fully saturated rings. The van der Waals surface area contributed by atoms with Crippen molar-refractivity contribution in [2.45, 2.75) is 13.8 Å². The number of H-pyrrole nitrogens is 1. The van der Waals surface area contributed by atoms with Crippen LogP contribution in [-0.4, -0.2) is 28.1 Å². The van der Waals surface area contributed by atoms with Crippen LogP contribution in [0.4, 0.5) is 5.69 Å². The molecule has 1 amide bonds. The Morgan fingerprint density at radius 3 is 2.71 bits per heavy atom. The standard InChI is InChI=1S/C21H18N4O3/c1-11-4-6-17-14(8-11)15(9-12(2)22-17)20(26)25-24-19-16-10-13(28-3)5-7-18(16)23-21(19)27/h4-10,23,27H,1-3H3. The summed E-state index contributed by atoms with van der Waals surface area (Å²) in [5, 5.41) is 19.4. The van der Waals surface area contributed by atoms with Crippen molar-refractivity contribution in [3.8, 4) is 11.6 Å². The van der Waals surface area contributed by atoms with Crippen LogP contribution < -0.4 is 4.74 Å². The van der Waals surface area contributed by atoms with Gasteiger partial charge in [0.1, 0.15) is 5.75 Å². The van der Waals surface area contributed by atoms with E-state index in [9.17, 15) is 9.90 Å². The van der Waals surface area contributed by atoms with Crippen LogP contribution in [-0.2, 0) is 0 Å². The number of aromatic amines is 1. The van der Waals surface area contributed by atoms with E-state index in [1.165, 1.54) is 0 Å². The SMILES string of the molecule is COc1ccc2[nH]c(O)c(N=NC(=O)c3cc(C)nc4ccc(C)cc34)c2c1. The molecule has 7 heteroatoms. The van der Waals surface area contributed by atoms with Gasteiger partial charge in [-0.15, -0.1) is 10.2 Å². The number of hydrogen-bond acceptors (Lipinski definition) is 5. The first-order valence-corrected chi connectivity index (χ1v) is 8.69. The van der Waals surface area contributed by atoms with Crippen LogP contribution in [0.2, 0.25) is 0 Å². The van der Waals surface area contributed by atoms with E-state index in [-0.39, 0.29) is 11.6 Å². The third-order valence-electron chi connectivity index (χ3n) is 4.52. The molecular weight excluding hydrogens is 356 g/mol. The molecular formula is C21H18N4O3. The van der Waals surface area contributed by atoms with Crippen molar-refractivity contribution in [2.75, 3.05) is 7.11 Å². The zero-order valence-corrected chi connectivity index (χ0v) is 15.6. The van der Waals surface area contributed by atoms with Crippen molar-refractivity contribution in [3.05, 3.63) is 59.3 Å². The largest absolute Gasteiger partial charge is 0.497 e. The number of methoxy groups -OCH3 is 1. The van der Waals surface area contributed by atoms with Crippen LogP contribution in [0.5, 0.6) is 11.6 Å². The van der Waals surface area contributed by atoms with Gasteiger partial charge in [-0.1, -0.05) is 11.6 Å². The number of nitrogens with one attached hydrogen (secondary N) is 1. The number of amides is 1. The molecule has 140 valence electrons. The number of hydrogen-bond donors (Lipinski definition) is 2. The molecule has 28 heavy (non-hydrogen) atoms. The maximum atomic E-state index is 12.8. The predicted octanol–water partition coefficient (Wildman–Crippen LogP) is 4.97. The Balaban J connectivity index is 1.78. The zero-order valence-electron chi connectivity index (χ0n) is 15.6. The number of benzene rings is 2. The molecule has 0 aliphatic carbocycles. The van der Waals surface area contributed by atoms with E-state index in [1.807, 2.05) is 32.0 Å². The van der Waals surface area contributed by atoms with Crippen molar-refractivity contribution in [2.24, 2.45) is 10.2 Å². The number of azo groups is 1. The van der Waals surface area contributed by atoms with Crippen LogP contribution in [0.1, 0.15) is 21.6 Å². The minimum Gasteiger partial charge on any atom is -0.497 e. The number of aromatic nitrogens is 2. The lowest BCUT2D eigenvalue weighted by atomic mass is 10.1. The first kappa shape index (κ1) is 17.7. The summed E-state index contributed by atoms with van der Waals surface area (Å²) in [6, 6.07) is 12.7. The van der Waals surface area contributed by atoms with Gasteiger partial charge in [0.05, 0.1) is 23.7 Å². The summed E-state index contributed by atoms with van der Waals surface area (Å²) in [7, 11) is 1.55. The van der Waals surface area contributed by atoms with Crippen molar-refractivity contribution in [3.63, 3.8) is 0 Å². The summed E-state index contributed by atoms with van der Waals surface area (Å²) in [4.78, 5) is 20.1. The minimum atomic E-state index is -0.502. The Hall–Kier alpha value is -3.74. The highest BCUT2D eigenvalue weighted by molar-refractivity contribution is 6.07. The quantitative estimate of drug-likeness (QED) is 0.494. The summed E-state index contributed by atoms with van der Waals surface area (Å²) in [5.74, 6) is -0.0512. The second-order valence-corrected chi connectivity index (χ2v) is 6.57. The first-order chi connectivity index (χ1) is 13.5.